The van der Waals surface area contributed by atoms with Gasteiger partial charge >= 0.3 is 5.97 Å². The fourth-order valence-corrected chi connectivity index (χ4v) is 1.32. The first-order chi connectivity index (χ1) is 6.84. The predicted molar refractivity (Wildman–Crippen MR) is 53.2 cm³/mol. The van der Waals surface area contributed by atoms with Gasteiger partial charge < -0.3 is 4.74 Å². The molecule has 0 aromatic heterocycles. The van der Waals surface area contributed by atoms with Gasteiger partial charge in [-0.2, -0.15) is 0 Å². The van der Waals surface area contributed by atoms with Crippen molar-refractivity contribution < 1.29 is 9.53 Å². The Morgan fingerprint density at radius 1 is 1.29 bits per heavy atom. The van der Waals surface area contributed by atoms with Crippen LogP contribution in [0.5, 0.6) is 0 Å². The summed E-state index contributed by atoms with van der Waals surface area (Å²) >= 11 is 0. The van der Waals surface area contributed by atoms with Crippen molar-refractivity contribution in [2.75, 3.05) is 6.61 Å². The zero-order valence-corrected chi connectivity index (χ0v) is 7.77. The normalized spacial score (nSPS) is 18.6. The third kappa shape index (κ3) is 2.19. The van der Waals surface area contributed by atoms with Crippen molar-refractivity contribution in [3.05, 3.63) is 35.9 Å². The Kier molecular flexibility index (Phi) is 2.58. The molecule has 72 valence electrons. The summed E-state index contributed by atoms with van der Waals surface area (Å²) in [6, 6.07) is 9.96. The summed E-state index contributed by atoms with van der Waals surface area (Å²) in [6.45, 7) is 0.998. The van der Waals surface area contributed by atoms with Crippen molar-refractivity contribution >= 4 is 11.7 Å². The highest BCUT2D eigenvalue weighted by atomic mass is 16.5. The fraction of sp³-hybridized carbons (Fsp3) is 0.273. The quantitative estimate of drug-likeness (QED) is 0.662. The molecule has 3 heteroatoms. The number of esters is 1. The molecule has 0 radical (unpaired) electrons. The first-order valence-electron chi connectivity index (χ1n) is 4.56. The molecule has 1 fully saturated rings. The molecule has 1 saturated heterocycles. The monoisotopic (exact) mass is 189 g/mol. The van der Waals surface area contributed by atoms with Crippen LogP contribution in [0.25, 0.3) is 0 Å². The van der Waals surface area contributed by atoms with Gasteiger partial charge in [0.2, 0.25) is 0 Å². The molecule has 0 saturated carbocycles. The molecule has 0 unspecified atom stereocenters. The Bertz CT molecular complexity index is 357. The SMILES string of the molecule is O=C1CC(=NCc2ccccc2)CO1. The molecule has 14 heavy (non-hydrogen) atoms. The van der Waals surface area contributed by atoms with Crippen molar-refractivity contribution in [3.8, 4) is 0 Å². The van der Waals surface area contributed by atoms with E-state index in [4.69, 9.17) is 4.74 Å². The lowest BCUT2D eigenvalue weighted by Gasteiger charge is -1.95. The van der Waals surface area contributed by atoms with E-state index in [1.54, 1.807) is 0 Å². The highest BCUT2D eigenvalue weighted by Crippen LogP contribution is 2.05. The van der Waals surface area contributed by atoms with Gasteiger partial charge in [0.1, 0.15) is 6.61 Å². The second-order valence-electron chi connectivity index (χ2n) is 3.21. The van der Waals surface area contributed by atoms with Gasteiger partial charge in [-0.05, 0) is 5.56 Å². The number of hydrogen-bond donors (Lipinski definition) is 0. The number of cyclic esters (lactones) is 1. The zero-order chi connectivity index (χ0) is 9.80. The van der Waals surface area contributed by atoms with Crippen molar-refractivity contribution in [2.45, 2.75) is 13.0 Å². The van der Waals surface area contributed by atoms with Crippen LogP contribution < -0.4 is 0 Å². The molecule has 0 aliphatic carbocycles. The van der Waals surface area contributed by atoms with E-state index in [2.05, 4.69) is 4.99 Å². The Balaban J connectivity index is 1.97. The number of nitrogens with zero attached hydrogens (tertiary/aromatic N) is 1. The molecule has 0 bridgehead atoms. The van der Waals surface area contributed by atoms with Crippen LogP contribution in [-0.2, 0) is 16.1 Å². The van der Waals surface area contributed by atoms with E-state index in [-0.39, 0.29) is 5.97 Å². The van der Waals surface area contributed by atoms with E-state index in [1.807, 2.05) is 30.3 Å². The summed E-state index contributed by atoms with van der Waals surface area (Å²) < 4.78 is 4.78. The predicted octanol–water partition coefficient (Wildman–Crippen LogP) is 1.57. The number of benzene rings is 1. The van der Waals surface area contributed by atoms with E-state index in [0.29, 0.717) is 19.6 Å². The molecule has 1 aliphatic heterocycles. The second kappa shape index (κ2) is 4.05. The molecular weight excluding hydrogens is 178 g/mol. The van der Waals surface area contributed by atoms with Gasteiger partial charge in [-0.1, -0.05) is 30.3 Å². The third-order valence-corrected chi connectivity index (χ3v) is 2.08. The van der Waals surface area contributed by atoms with Crippen LogP contribution >= 0.6 is 0 Å². The average molecular weight is 189 g/mol. The van der Waals surface area contributed by atoms with Gasteiger partial charge in [0.05, 0.1) is 18.7 Å². The van der Waals surface area contributed by atoms with Gasteiger partial charge in [0.25, 0.3) is 0 Å². The van der Waals surface area contributed by atoms with Crippen LogP contribution in [0, 0.1) is 0 Å². The molecule has 1 aliphatic rings. The maximum absolute atomic E-state index is 10.8. The first-order valence-corrected chi connectivity index (χ1v) is 4.56. The van der Waals surface area contributed by atoms with E-state index in [9.17, 15) is 4.79 Å². The Morgan fingerprint density at radius 3 is 2.71 bits per heavy atom. The average Bonchev–Trinajstić information content (AvgIpc) is 2.63. The summed E-state index contributed by atoms with van der Waals surface area (Å²) in [7, 11) is 0. The summed E-state index contributed by atoms with van der Waals surface area (Å²) in [5.74, 6) is -0.170. The van der Waals surface area contributed by atoms with E-state index in [0.717, 1.165) is 11.3 Å². The van der Waals surface area contributed by atoms with E-state index < -0.39 is 0 Å². The summed E-state index contributed by atoms with van der Waals surface area (Å²) in [4.78, 5) is 15.1. The number of hydrogen-bond acceptors (Lipinski definition) is 3. The number of carbonyl (C=O) groups excluding carboxylic acids is 1. The molecule has 1 aromatic carbocycles. The number of rotatable bonds is 2. The Morgan fingerprint density at radius 2 is 2.07 bits per heavy atom. The van der Waals surface area contributed by atoms with Gasteiger partial charge in [0, 0.05) is 0 Å². The highest BCUT2D eigenvalue weighted by Gasteiger charge is 2.17. The molecule has 0 amide bonds. The lowest BCUT2D eigenvalue weighted by Crippen LogP contribution is -1.96. The number of aliphatic imine (C=N–C) groups is 1. The summed E-state index contributed by atoms with van der Waals surface area (Å²) in [6.07, 6.45) is 0.354. The van der Waals surface area contributed by atoms with Crippen LogP contribution in [0.3, 0.4) is 0 Å². The highest BCUT2D eigenvalue weighted by molar-refractivity contribution is 6.04. The van der Waals surface area contributed by atoms with Crippen LogP contribution in [0.2, 0.25) is 0 Å². The van der Waals surface area contributed by atoms with Gasteiger partial charge in [-0.15, -0.1) is 0 Å². The van der Waals surface area contributed by atoms with Crippen molar-refractivity contribution in [3.63, 3.8) is 0 Å². The maximum Gasteiger partial charge on any atom is 0.312 e. The molecule has 2 rings (SSSR count). The van der Waals surface area contributed by atoms with Crippen molar-refractivity contribution in [1.29, 1.82) is 0 Å². The van der Waals surface area contributed by atoms with Gasteiger partial charge in [0.15, 0.2) is 0 Å². The molecule has 0 N–H and O–H groups in total. The number of ether oxygens (including phenoxy) is 1. The zero-order valence-electron chi connectivity index (χ0n) is 7.77. The van der Waals surface area contributed by atoms with Crippen LogP contribution in [-0.4, -0.2) is 18.3 Å². The van der Waals surface area contributed by atoms with Crippen LogP contribution in [0.1, 0.15) is 12.0 Å². The van der Waals surface area contributed by atoms with Crippen LogP contribution in [0.15, 0.2) is 35.3 Å². The largest absolute Gasteiger partial charge is 0.459 e. The van der Waals surface area contributed by atoms with E-state index in [1.165, 1.54) is 0 Å². The summed E-state index contributed by atoms with van der Waals surface area (Å²) in [5.41, 5.74) is 2.00. The smallest absolute Gasteiger partial charge is 0.312 e. The lowest BCUT2D eigenvalue weighted by molar-refractivity contribution is -0.137. The van der Waals surface area contributed by atoms with Crippen LogP contribution in [0.4, 0.5) is 0 Å². The minimum Gasteiger partial charge on any atom is -0.459 e. The van der Waals surface area contributed by atoms with E-state index >= 15 is 0 Å². The van der Waals surface area contributed by atoms with Gasteiger partial charge in [-0.3, -0.25) is 9.79 Å². The number of carbonyl (C=O) groups is 1. The third-order valence-electron chi connectivity index (χ3n) is 2.08. The van der Waals surface area contributed by atoms with Crippen molar-refractivity contribution in [1.82, 2.24) is 0 Å². The molecule has 3 nitrogen and oxygen atoms in total. The molecule has 0 spiro atoms. The molecular formula is C11H11NO2. The minimum absolute atomic E-state index is 0.170. The topological polar surface area (TPSA) is 38.7 Å². The maximum atomic E-state index is 10.8. The van der Waals surface area contributed by atoms with Gasteiger partial charge in [-0.25, -0.2) is 0 Å². The summed E-state index contributed by atoms with van der Waals surface area (Å²) in [5, 5.41) is 0. The second-order valence-corrected chi connectivity index (χ2v) is 3.21. The Labute approximate surface area is 82.4 Å². The van der Waals surface area contributed by atoms with Crippen molar-refractivity contribution in [2.24, 2.45) is 4.99 Å². The molecule has 1 heterocycles. The lowest BCUT2D eigenvalue weighted by atomic mass is 10.2. The molecule has 0 atom stereocenters. The minimum atomic E-state index is -0.170. The first kappa shape index (κ1) is 8.94. The molecule has 1 aromatic rings. The standard InChI is InChI=1S/C11H11NO2/c13-11-6-10(8-14-11)12-7-9-4-2-1-3-5-9/h1-5H,6-8H2. The fourth-order valence-electron chi connectivity index (χ4n) is 1.32. The Hall–Kier alpha value is -1.64.